The minimum Gasteiger partial charge on any atom is -0.489 e. The van der Waals surface area contributed by atoms with Crippen molar-refractivity contribution >= 4 is 39.3 Å². The van der Waals surface area contributed by atoms with Crippen molar-refractivity contribution in [2.45, 2.75) is 38.6 Å². The summed E-state index contributed by atoms with van der Waals surface area (Å²) >= 11 is 12.8. The number of halogens is 4. The molecule has 47 heavy (non-hydrogen) atoms. The zero-order chi connectivity index (χ0) is 33.6. The molecule has 1 aliphatic carbocycles. The van der Waals surface area contributed by atoms with Gasteiger partial charge in [-0.05, 0) is 59.7 Å². The van der Waals surface area contributed by atoms with E-state index in [1.54, 1.807) is 0 Å². The number of esters is 1. The molecule has 5 rings (SSSR count). The Balaban J connectivity index is 1.46. The Labute approximate surface area is 280 Å². The fraction of sp³-hybridized carbons (Fsp3) is 0.273. The van der Waals surface area contributed by atoms with E-state index in [2.05, 4.69) is 9.72 Å². The van der Waals surface area contributed by atoms with Crippen LogP contribution in [0, 0.1) is 5.92 Å². The molecule has 0 N–H and O–H groups in total. The predicted molar refractivity (Wildman–Crippen MR) is 170 cm³/mol. The van der Waals surface area contributed by atoms with E-state index in [-0.39, 0.29) is 51.6 Å². The Bertz CT molecular complexity index is 1800. The lowest BCUT2D eigenvalue weighted by atomic mass is 10.0. The number of rotatable bonds is 15. The van der Waals surface area contributed by atoms with Gasteiger partial charge in [-0.1, -0.05) is 59.6 Å². The largest absolute Gasteiger partial charge is 0.489 e. The number of alkyl halides is 2. The van der Waals surface area contributed by atoms with E-state index < -0.39 is 28.8 Å². The normalized spacial score (nSPS) is 13.6. The summed E-state index contributed by atoms with van der Waals surface area (Å²) in [7, 11) is -4.01. The minimum absolute atomic E-state index is 0.0337. The van der Waals surface area contributed by atoms with Crippen LogP contribution in [0.25, 0.3) is 0 Å². The lowest BCUT2D eigenvalue weighted by molar-refractivity contribution is -0.0515. The van der Waals surface area contributed by atoms with Crippen LogP contribution in [-0.4, -0.2) is 38.8 Å². The van der Waals surface area contributed by atoms with Crippen LogP contribution in [0.15, 0.2) is 79.1 Å². The van der Waals surface area contributed by atoms with Gasteiger partial charge in [0.15, 0.2) is 23.0 Å². The molecule has 4 aromatic rings. The van der Waals surface area contributed by atoms with Crippen molar-refractivity contribution in [1.29, 1.82) is 0 Å². The summed E-state index contributed by atoms with van der Waals surface area (Å²) < 4.78 is 77.8. The summed E-state index contributed by atoms with van der Waals surface area (Å²) in [5.41, 5.74) is 1.55. The third kappa shape index (κ3) is 9.93. The van der Waals surface area contributed by atoms with Crippen molar-refractivity contribution in [2.24, 2.45) is 5.92 Å². The van der Waals surface area contributed by atoms with E-state index in [0.29, 0.717) is 23.7 Å². The van der Waals surface area contributed by atoms with Gasteiger partial charge in [0.2, 0.25) is 0 Å². The summed E-state index contributed by atoms with van der Waals surface area (Å²) in [4.78, 5) is 17.6. The van der Waals surface area contributed by atoms with Crippen molar-refractivity contribution in [3.05, 3.63) is 111 Å². The van der Waals surface area contributed by atoms with Gasteiger partial charge in [0.1, 0.15) is 12.7 Å². The molecule has 1 aromatic heterocycles. The van der Waals surface area contributed by atoms with Crippen LogP contribution >= 0.6 is 23.2 Å². The summed E-state index contributed by atoms with van der Waals surface area (Å²) in [6, 6.07) is 17.4. The first-order valence-corrected chi connectivity index (χ1v) is 16.9. The molecule has 0 spiro atoms. The van der Waals surface area contributed by atoms with Crippen LogP contribution < -0.4 is 18.4 Å². The van der Waals surface area contributed by atoms with Crippen LogP contribution in [0.5, 0.6) is 23.0 Å². The van der Waals surface area contributed by atoms with Gasteiger partial charge in [-0.25, -0.2) is 4.79 Å². The topological polar surface area (TPSA) is 110 Å². The average Bonchev–Trinajstić information content (AvgIpc) is 3.85. The summed E-state index contributed by atoms with van der Waals surface area (Å²) in [5.74, 6) is -0.829. The molecule has 0 amide bonds. The fourth-order valence-corrected chi connectivity index (χ4v) is 5.46. The number of hydrogen-bond donors (Lipinski definition) is 0. The maximum Gasteiger partial charge on any atom is 0.387 e. The second kappa shape index (κ2) is 15.2. The van der Waals surface area contributed by atoms with Gasteiger partial charge in [-0.3, -0.25) is 4.98 Å². The third-order valence-electron chi connectivity index (χ3n) is 6.98. The highest BCUT2D eigenvalue weighted by molar-refractivity contribution is 7.86. The van der Waals surface area contributed by atoms with Crippen molar-refractivity contribution < 1.29 is 45.1 Å². The van der Waals surface area contributed by atoms with Crippen molar-refractivity contribution in [1.82, 2.24) is 4.98 Å². The fourth-order valence-electron chi connectivity index (χ4n) is 4.48. The minimum atomic E-state index is -4.01. The van der Waals surface area contributed by atoms with Crippen molar-refractivity contribution in [2.75, 3.05) is 12.9 Å². The molecule has 14 heteroatoms. The maximum atomic E-state index is 13.6. The Kier molecular flexibility index (Phi) is 11.1. The highest BCUT2D eigenvalue weighted by atomic mass is 35.5. The molecule has 0 bridgehead atoms. The first-order chi connectivity index (χ1) is 22.4. The van der Waals surface area contributed by atoms with E-state index >= 15 is 0 Å². The SMILES string of the molecule is CS(=O)(=O)Oc1cc(C(=O)OC(Cc2c(Cl)cncc2Cl)c2ccc(OC(F)F)c(OCC3CC3)c2)ccc1OCc1ccccc1. The second-order valence-electron chi connectivity index (χ2n) is 10.7. The highest BCUT2D eigenvalue weighted by Gasteiger charge is 2.27. The molecular weight excluding hydrogens is 679 g/mol. The number of aromatic nitrogens is 1. The van der Waals surface area contributed by atoms with Gasteiger partial charge in [0.05, 0.1) is 28.5 Å². The van der Waals surface area contributed by atoms with E-state index in [9.17, 15) is 22.0 Å². The number of ether oxygens (including phenoxy) is 4. The van der Waals surface area contributed by atoms with Crippen molar-refractivity contribution in [3.8, 4) is 23.0 Å². The summed E-state index contributed by atoms with van der Waals surface area (Å²) in [6.07, 6.45) is 4.45. The van der Waals surface area contributed by atoms with Crippen LogP contribution in [0.2, 0.25) is 10.0 Å². The monoisotopic (exact) mass is 707 g/mol. The number of carbonyl (C=O) groups excluding carboxylic acids is 1. The number of pyridine rings is 1. The maximum absolute atomic E-state index is 13.6. The van der Waals surface area contributed by atoms with E-state index in [1.165, 1.54) is 48.8 Å². The van der Waals surface area contributed by atoms with Crippen LogP contribution in [0.1, 0.15) is 46.0 Å². The number of nitrogens with zero attached hydrogens (tertiary/aromatic N) is 1. The molecule has 1 atom stereocenters. The van der Waals surface area contributed by atoms with Crippen LogP contribution in [0.3, 0.4) is 0 Å². The molecule has 1 unspecified atom stereocenters. The van der Waals surface area contributed by atoms with E-state index in [0.717, 1.165) is 24.7 Å². The van der Waals surface area contributed by atoms with Crippen LogP contribution in [0.4, 0.5) is 8.78 Å². The standard InChI is InChI=1S/C33H29Cl2F2NO8S/c1-47(40,41)46-31-14-23(10-11-27(31)42-18-20-5-3-2-4-6-20)32(39)44-29(15-24-25(34)16-38-17-26(24)35)22-9-12-28(45-33(36)37)30(13-22)43-19-21-7-8-21/h2-6,9-14,16-17,21,29,33H,7-8,15,18-19H2,1H3. The average molecular weight is 709 g/mol. The molecule has 0 aliphatic heterocycles. The molecule has 248 valence electrons. The van der Waals surface area contributed by atoms with Crippen molar-refractivity contribution in [3.63, 3.8) is 0 Å². The van der Waals surface area contributed by atoms with Gasteiger partial charge in [-0.15, -0.1) is 0 Å². The quantitative estimate of drug-likeness (QED) is 0.0901. The molecule has 1 saturated carbocycles. The van der Waals surface area contributed by atoms with E-state index in [4.69, 9.17) is 41.6 Å². The van der Waals surface area contributed by atoms with Gasteiger partial charge < -0.3 is 23.1 Å². The molecule has 0 saturated heterocycles. The van der Waals surface area contributed by atoms with Gasteiger partial charge in [0.25, 0.3) is 0 Å². The summed E-state index contributed by atoms with van der Waals surface area (Å²) in [6.45, 7) is -2.68. The zero-order valence-electron chi connectivity index (χ0n) is 24.9. The molecule has 1 fully saturated rings. The second-order valence-corrected chi connectivity index (χ2v) is 13.1. The van der Waals surface area contributed by atoms with Gasteiger partial charge >= 0.3 is 22.7 Å². The molecule has 0 radical (unpaired) electrons. The number of carbonyl (C=O) groups is 1. The Morgan fingerprint density at radius 3 is 2.28 bits per heavy atom. The lowest BCUT2D eigenvalue weighted by Crippen LogP contribution is -2.16. The molecule has 9 nitrogen and oxygen atoms in total. The molecule has 3 aromatic carbocycles. The van der Waals surface area contributed by atoms with Crippen LogP contribution in [-0.2, 0) is 27.9 Å². The number of hydrogen-bond acceptors (Lipinski definition) is 9. The van der Waals surface area contributed by atoms with Gasteiger partial charge in [0, 0.05) is 24.9 Å². The molecule has 1 aliphatic rings. The third-order valence-corrected chi connectivity index (χ3v) is 8.11. The zero-order valence-corrected chi connectivity index (χ0v) is 27.2. The first kappa shape index (κ1) is 34.2. The first-order valence-electron chi connectivity index (χ1n) is 14.4. The van der Waals surface area contributed by atoms with E-state index in [1.807, 2.05) is 30.3 Å². The lowest BCUT2D eigenvalue weighted by Gasteiger charge is -2.22. The Morgan fingerprint density at radius 1 is 0.915 bits per heavy atom. The van der Waals surface area contributed by atoms with Gasteiger partial charge in [-0.2, -0.15) is 17.2 Å². The number of benzene rings is 3. The highest BCUT2D eigenvalue weighted by Crippen LogP contribution is 2.38. The Morgan fingerprint density at radius 2 is 1.62 bits per heavy atom. The molecule has 1 heterocycles. The summed E-state index contributed by atoms with van der Waals surface area (Å²) in [5, 5.41) is 0.426. The Hall–Kier alpha value is -4.13. The smallest absolute Gasteiger partial charge is 0.387 e. The molecular formula is C33H29Cl2F2NO8S. The predicted octanol–water partition coefficient (Wildman–Crippen LogP) is 7.84.